The fourth-order valence-electron chi connectivity index (χ4n) is 1.06. The Hall–Kier alpha value is -1.61. The molecule has 0 aliphatic heterocycles. The molecular weight excluding hydrogens is 192 g/mol. The number of nitrogens with zero attached hydrogens (tertiary/aromatic N) is 1. The van der Waals surface area contributed by atoms with Crippen LogP contribution in [0.25, 0.3) is 0 Å². The third kappa shape index (κ3) is 2.20. The van der Waals surface area contributed by atoms with Gasteiger partial charge < -0.3 is 5.73 Å². The molecule has 0 atom stereocenters. The first-order valence-electron chi connectivity index (χ1n) is 4.28. The fourth-order valence-corrected chi connectivity index (χ4v) is 1.65. The summed E-state index contributed by atoms with van der Waals surface area (Å²) in [4.78, 5) is 5.47. The largest absolute Gasteiger partial charge is 0.399 e. The molecule has 0 unspecified atom stereocenters. The highest BCUT2D eigenvalue weighted by molar-refractivity contribution is 7.11. The van der Waals surface area contributed by atoms with Crippen LogP contribution in [-0.4, -0.2) is 6.21 Å². The highest BCUT2D eigenvalue weighted by atomic mass is 32.1. The van der Waals surface area contributed by atoms with Crippen molar-refractivity contribution < 1.29 is 0 Å². The predicted octanol–water partition coefficient (Wildman–Crippen LogP) is 3.08. The summed E-state index contributed by atoms with van der Waals surface area (Å²) in [5.41, 5.74) is 7.26. The van der Waals surface area contributed by atoms with Gasteiger partial charge in [-0.2, -0.15) is 0 Å². The maximum absolute atomic E-state index is 5.57. The summed E-state index contributed by atoms with van der Waals surface area (Å²) in [7, 11) is 0. The highest BCUT2D eigenvalue weighted by Gasteiger charge is 1.89. The average molecular weight is 202 g/mol. The monoisotopic (exact) mass is 202 g/mol. The third-order valence-corrected chi connectivity index (χ3v) is 2.58. The van der Waals surface area contributed by atoms with E-state index < -0.39 is 0 Å². The van der Waals surface area contributed by atoms with Crippen LogP contribution < -0.4 is 5.73 Å². The molecular formula is C11H10N2S. The molecule has 0 saturated heterocycles. The lowest BCUT2D eigenvalue weighted by Gasteiger charge is -1.93. The van der Waals surface area contributed by atoms with E-state index in [2.05, 4.69) is 4.99 Å². The van der Waals surface area contributed by atoms with E-state index in [1.807, 2.05) is 48.0 Å². The van der Waals surface area contributed by atoms with Gasteiger partial charge in [-0.25, -0.2) is 0 Å². The summed E-state index contributed by atoms with van der Waals surface area (Å²) >= 11 is 1.67. The van der Waals surface area contributed by atoms with E-state index in [9.17, 15) is 0 Å². The van der Waals surface area contributed by atoms with E-state index >= 15 is 0 Å². The second kappa shape index (κ2) is 4.07. The van der Waals surface area contributed by atoms with Crippen molar-refractivity contribution in [2.24, 2.45) is 4.99 Å². The fraction of sp³-hybridized carbons (Fsp3) is 0. The van der Waals surface area contributed by atoms with Crippen LogP contribution in [0.3, 0.4) is 0 Å². The molecule has 0 aliphatic rings. The molecule has 3 heteroatoms. The first kappa shape index (κ1) is 8.97. The molecule has 0 aliphatic carbocycles. The first-order chi connectivity index (χ1) is 6.84. The molecule has 0 saturated carbocycles. The summed E-state index contributed by atoms with van der Waals surface area (Å²) in [5, 5.41) is 2.03. The average Bonchev–Trinajstić information content (AvgIpc) is 2.70. The Morgan fingerprint density at radius 3 is 2.57 bits per heavy atom. The van der Waals surface area contributed by atoms with Crippen molar-refractivity contribution in [1.82, 2.24) is 0 Å². The molecule has 70 valence electrons. The van der Waals surface area contributed by atoms with Gasteiger partial charge in [0.15, 0.2) is 0 Å². The van der Waals surface area contributed by atoms with Crippen LogP contribution in [0.5, 0.6) is 0 Å². The number of aliphatic imine (C=N–C) groups is 1. The van der Waals surface area contributed by atoms with E-state index in [1.54, 1.807) is 11.3 Å². The highest BCUT2D eigenvalue weighted by Crippen LogP contribution is 2.14. The van der Waals surface area contributed by atoms with Gasteiger partial charge >= 0.3 is 0 Å². The number of thiophene rings is 1. The molecule has 0 bridgehead atoms. The minimum absolute atomic E-state index is 0.764. The lowest BCUT2D eigenvalue weighted by atomic mass is 10.3. The molecule has 0 amide bonds. The van der Waals surface area contributed by atoms with Crippen LogP contribution in [-0.2, 0) is 0 Å². The van der Waals surface area contributed by atoms with Crippen molar-refractivity contribution in [3.05, 3.63) is 46.7 Å². The van der Waals surface area contributed by atoms with Gasteiger partial charge in [0.05, 0.1) is 5.69 Å². The summed E-state index contributed by atoms with van der Waals surface area (Å²) in [6.45, 7) is 0. The molecule has 2 N–H and O–H groups in total. The van der Waals surface area contributed by atoms with Gasteiger partial charge in [0.25, 0.3) is 0 Å². The minimum atomic E-state index is 0.764. The quantitative estimate of drug-likeness (QED) is 0.590. The lowest BCUT2D eigenvalue weighted by Crippen LogP contribution is -1.81. The summed E-state index contributed by atoms with van der Waals surface area (Å²) in [6.07, 6.45) is 1.86. The topological polar surface area (TPSA) is 38.4 Å². The molecule has 2 nitrogen and oxygen atoms in total. The number of hydrogen-bond acceptors (Lipinski definition) is 3. The SMILES string of the molecule is Nc1ccc(N=Cc2cccs2)cc1. The third-order valence-electron chi connectivity index (χ3n) is 1.78. The van der Waals surface area contributed by atoms with Gasteiger partial charge in [-0.15, -0.1) is 11.3 Å². The second-order valence-corrected chi connectivity index (χ2v) is 3.84. The number of benzene rings is 1. The van der Waals surface area contributed by atoms with Gasteiger partial charge in [0, 0.05) is 16.8 Å². The molecule has 2 aromatic rings. The van der Waals surface area contributed by atoms with Crippen molar-refractivity contribution in [2.45, 2.75) is 0 Å². The molecule has 1 heterocycles. The number of anilines is 1. The Morgan fingerprint density at radius 2 is 1.93 bits per heavy atom. The van der Waals surface area contributed by atoms with E-state index in [1.165, 1.54) is 0 Å². The number of nitrogen functional groups attached to an aromatic ring is 1. The maximum atomic E-state index is 5.57. The Labute approximate surface area is 86.7 Å². The van der Waals surface area contributed by atoms with Gasteiger partial charge in [-0.1, -0.05) is 6.07 Å². The van der Waals surface area contributed by atoms with E-state index in [0.717, 1.165) is 16.3 Å². The van der Waals surface area contributed by atoms with Crippen molar-refractivity contribution >= 4 is 28.9 Å². The van der Waals surface area contributed by atoms with Crippen LogP contribution >= 0.6 is 11.3 Å². The standard InChI is InChI=1S/C11H10N2S/c12-9-3-5-10(6-4-9)13-8-11-2-1-7-14-11/h1-8H,12H2. The molecule has 0 fully saturated rings. The molecule has 2 rings (SSSR count). The Bertz CT molecular complexity index is 415. The van der Waals surface area contributed by atoms with Crippen LogP contribution in [0.2, 0.25) is 0 Å². The smallest absolute Gasteiger partial charge is 0.0631 e. The van der Waals surface area contributed by atoms with E-state index in [0.29, 0.717) is 0 Å². The normalized spacial score (nSPS) is 10.9. The van der Waals surface area contributed by atoms with Gasteiger partial charge in [0.2, 0.25) is 0 Å². The summed E-state index contributed by atoms with van der Waals surface area (Å²) < 4.78 is 0. The first-order valence-corrected chi connectivity index (χ1v) is 5.16. The lowest BCUT2D eigenvalue weighted by molar-refractivity contribution is 1.54. The Morgan fingerprint density at radius 1 is 1.14 bits per heavy atom. The van der Waals surface area contributed by atoms with E-state index in [-0.39, 0.29) is 0 Å². The van der Waals surface area contributed by atoms with Gasteiger partial charge in [-0.3, -0.25) is 4.99 Å². The summed E-state index contributed by atoms with van der Waals surface area (Å²) in [5.74, 6) is 0. The minimum Gasteiger partial charge on any atom is -0.399 e. The predicted molar refractivity (Wildman–Crippen MR) is 62.4 cm³/mol. The van der Waals surface area contributed by atoms with Crippen molar-refractivity contribution in [1.29, 1.82) is 0 Å². The Kier molecular flexibility index (Phi) is 2.60. The summed E-state index contributed by atoms with van der Waals surface area (Å²) in [6, 6.07) is 11.5. The van der Waals surface area contributed by atoms with Gasteiger partial charge in [-0.05, 0) is 35.7 Å². The van der Waals surface area contributed by atoms with Crippen molar-refractivity contribution in [3.8, 4) is 0 Å². The van der Waals surface area contributed by atoms with Crippen molar-refractivity contribution in [3.63, 3.8) is 0 Å². The Balaban J connectivity index is 2.15. The van der Waals surface area contributed by atoms with Crippen LogP contribution in [0, 0.1) is 0 Å². The van der Waals surface area contributed by atoms with Crippen LogP contribution in [0.15, 0.2) is 46.8 Å². The van der Waals surface area contributed by atoms with Crippen LogP contribution in [0.4, 0.5) is 11.4 Å². The number of hydrogen-bond donors (Lipinski definition) is 1. The van der Waals surface area contributed by atoms with Crippen molar-refractivity contribution in [2.75, 3.05) is 5.73 Å². The molecule has 0 spiro atoms. The van der Waals surface area contributed by atoms with Crippen LogP contribution in [0.1, 0.15) is 4.88 Å². The van der Waals surface area contributed by atoms with E-state index in [4.69, 9.17) is 5.73 Å². The second-order valence-electron chi connectivity index (χ2n) is 2.87. The van der Waals surface area contributed by atoms with Gasteiger partial charge in [0.1, 0.15) is 0 Å². The zero-order chi connectivity index (χ0) is 9.80. The molecule has 1 aromatic carbocycles. The zero-order valence-electron chi connectivity index (χ0n) is 7.55. The molecule has 1 aromatic heterocycles. The number of rotatable bonds is 2. The molecule has 14 heavy (non-hydrogen) atoms. The number of nitrogens with two attached hydrogens (primary N) is 1. The maximum Gasteiger partial charge on any atom is 0.0631 e. The zero-order valence-corrected chi connectivity index (χ0v) is 8.37. The molecule has 0 radical (unpaired) electrons.